The standard InChI is InChI=1S/C10H11BrClN5/c11-8-9(12)15-6-16-10(8)14-2-1-4-17-5-3-13-7-17/h3,5-7H,1-2,4H2,(H,14,15,16). The van der Waals surface area contributed by atoms with Gasteiger partial charge in [-0.15, -0.1) is 0 Å². The lowest BCUT2D eigenvalue weighted by atomic mass is 10.4. The van der Waals surface area contributed by atoms with Crippen LogP contribution in [-0.4, -0.2) is 26.1 Å². The molecule has 0 atom stereocenters. The molecule has 90 valence electrons. The first-order chi connectivity index (χ1) is 8.27. The molecule has 0 aliphatic heterocycles. The van der Waals surface area contributed by atoms with Crippen molar-refractivity contribution < 1.29 is 0 Å². The summed E-state index contributed by atoms with van der Waals surface area (Å²) in [4.78, 5) is 11.9. The van der Waals surface area contributed by atoms with E-state index in [0.717, 1.165) is 25.3 Å². The Morgan fingerprint density at radius 2 is 2.29 bits per heavy atom. The second-order valence-corrected chi connectivity index (χ2v) is 4.56. The number of aromatic nitrogens is 4. The number of rotatable bonds is 5. The number of nitrogens with zero attached hydrogens (tertiary/aromatic N) is 4. The van der Waals surface area contributed by atoms with E-state index in [1.807, 2.05) is 10.8 Å². The molecule has 17 heavy (non-hydrogen) atoms. The molecule has 0 spiro atoms. The third kappa shape index (κ3) is 3.41. The van der Waals surface area contributed by atoms with E-state index in [0.29, 0.717) is 9.63 Å². The highest BCUT2D eigenvalue weighted by atomic mass is 79.9. The van der Waals surface area contributed by atoms with Gasteiger partial charge in [0.05, 0.1) is 10.8 Å². The molecular formula is C10H11BrClN5. The Hall–Kier alpha value is -1.14. The molecule has 0 fully saturated rings. The summed E-state index contributed by atoms with van der Waals surface area (Å²) in [5.74, 6) is 0.718. The van der Waals surface area contributed by atoms with Crippen molar-refractivity contribution in [2.75, 3.05) is 11.9 Å². The fourth-order valence-corrected chi connectivity index (χ4v) is 1.84. The molecule has 5 nitrogen and oxygen atoms in total. The first kappa shape index (κ1) is 12.3. The molecule has 0 amide bonds. The van der Waals surface area contributed by atoms with Crippen molar-refractivity contribution in [3.8, 4) is 0 Å². The summed E-state index contributed by atoms with van der Waals surface area (Å²) in [6, 6.07) is 0. The van der Waals surface area contributed by atoms with Gasteiger partial charge in [0, 0.05) is 25.5 Å². The SMILES string of the molecule is Clc1ncnc(NCCCn2ccnc2)c1Br. The molecule has 0 aliphatic rings. The Kier molecular flexibility index (Phi) is 4.33. The van der Waals surface area contributed by atoms with Crippen LogP contribution in [0, 0.1) is 0 Å². The van der Waals surface area contributed by atoms with E-state index in [2.05, 4.69) is 36.2 Å². The average Bonchev–Trinajstić information content (AvgIpc) is 2.83. The van der Waals surface area contributed by atoms with Gasteiger partial charge >= 0.3 is 0 Å². The fraction of sp³-hybridized carbons (Fsp3) is 0.300. The lowest BCUT2D eigenvalue weighted by Gasteiger charge is -2.07. The van der Waals surface area contributed by atoms with Crippen LogP contribution in [0.5, 0.6) is 0 Å². The smallest absolute Gasteiger partial charge is 0.148 e. The van der Waals surface area contributed by atoms with Gasteiger partial charge in [0.25, 0.3) is 0 Å². The number of hydrogen-bond donors (Lipinski definition) is 1. The summed E-state index contributed by atoms with van der Waals surface area (Å²) in [6.07, 6.45) is 7.93. The van der Waals surface area contributed by atoms with Crippen LogP contribution < -0.4 is 5.32 Å². The van der Waals surface area contributed by atoms with Crippen molar-refractivity contribution in [3.63, 3.8) is 0 Å². The topological polar surface area (TPSA) is 55.6 Å². The van der Waals surface area contributed by atoms with Crippen LogP contribution >= 0.6 is 27.5 Å². The highest BCUT2D eigenvalue weighted by Crippen LogP contribution is 2.25. The van der Waals surface area contributed by atoms with E-state index in [-0.39, 0.29) is 0 Å². The first-order valence-electron chi connectivity index (χ1n) is 5.13. The van der Waals surface area contributed by atoms with Crippen LogP contribution in [0.2, 0.25) is 5.15 Å². The van der Waals surface area contributed by atoms with Gasteiger partial charge in [-0.25, -0.2) is 15.0 Å². The maximum atomic E-state index is 5.86. The van der Waals surface area contributed by atoms with Gasteiger partial charge in [-0.1, -0.05) is 11.6 Å². The van der Waals surface area contributed by atoms with Gasteiger partial charge < -0.3 is 9.88 Å². The molecule has 0 saturated heterocycles. The highest BCUT2D eigenvalue weighted by Gasteiger charge is 2.05. The number of hydrogen-bond acceptors (Lipinski definition) is 4. The summed E-state index contributed by atoms with van der Waals surface area (Å²) in [7, 11) is 0. The predicted octanol–water partition coefficient (Wildman–Crippen LogP) is 2.59. The molecule has 0 saturated carbocycles. The Morgan fingerprint density at radius 1 is 1.41 bits per heavy atom. The van der Waals surface area contributed by atoms with Gasteiger partial charge in [-0.05, 0) is 22.4 Å². The number of anilines is 1. The summed E-state index contributed by atoms with van der Waals surface area (Å²) < 4.78 is 2.73. The maximum Gasteiger partial charge on any atom is 0.148 e. The van der Waals surface area contributed by atoms with Crippen molar-refractivity contribution in [2.24, 2.45) is 0 Å². The van der Waals surface area contributed by atoms with Crippen LogP contribution in [0.3, 0.4) is 0 Å². The van der Waals surface area contributed by atoms with Crippen LogP contribution in [0.4, 0.5) is 5.82 Å². The second-order valence-electron chi connectivity index (χ2n) is 3.41. The zero-order chi connectivity index (χ0) is 12.1. The molecule has 1 N–H and O–H groups in total. The third-order valence-electron chi connectivity index (χ3n) is 2.19. The van der Waals surface area contributed by atoms with Gasteiger partial charge in [-0.3, -0.25) is 0 Å². The van der Waals surface area contributed by atoms with Crippen LogP contribution in [0.15, 0.2) is 29.5 Å². The highest BCUT2D eigenvalue weighted by molar-refractivity contribution is 9.10. The minimum atomic E-state index is 0.414. The van der Waals surface area contributed by atoms with E-state index in [1.54, 1.807) is 12.5 Å². The molecule has 0 unspecified atom stereocenters. The Labute approximate surface area is 112 Å². The molecule has 0 bridgehead atoms. The molecule has 2 rings (SSSR count). The van der Waals surface area contributed by atoms with E-state index in [9.17, 15) is 0 Å². The summed E-state index contributed by atoms with van der Waals surface area (Å²) >= 11 is 9.19. The molecular weight excluding hydrogens is 306 g/mol. The van der Waals surface area contributed by atoms with Gasteiger partial charge in [0.2, 0.25) is 0 Å². The lowest BCUT2D eigenvalue weighted by Crippen LogP contribution is -2.07. The third-order valence-corrected chi connectivity index (χ3v) is 3.46. The number of aryl methyl sites for hydroxylation is 1. The first-order valence-corrected chi connectivity index (χ1v) is 6.30. The summed E-state index contributed by atoms with van der Waals surface area (Å²) in [5.41, 5.74) is 0. The zero-order valence-electron chi connectivity index (χ0n) is 8.98. The van der Waals surface area contributed by atoms with Crippen LogP contribution in [0.25, 0.3) is 0 Å². The predicted molar refractivity (Wildman–Crippen MR) is 70.1 cm³/mol. The minimum absolute atomic E-state index is 0.414. The quantitative estimate of drug-likeness (QED) is 0.680. The lowest BCUT2D eigenvalue weighted by molar-refractivity contribution is 0.660. The number of imidazole rings is 1. The van der Waals surface area contributed by atoms with Gasteiger partial charge in [0.1, 0.15) is 17.3 Å². The molecule has 2 aromatic heterocycles. The summed E-state index contributed by atoms with van der Waals surface area (Å²) in [5, 5.41) is 3.61. The van der Waals surface area contributed by atoms with E-state index < -0.39 is 0 Å². The van der Waals surface area contributed by atoms with Gasteiger partial charge in [-0.2, -0.15) is 0 Å². The number of nitrogens with one attached hydrogen (secondary N) is 1. The van der Waals surface area contributed by atoms with Crippen LogP contribution in [0.1, 0.15) is 6.42 Å². The Balaban J connectivity index is 1.80. The molecule has 0 aromatic carbocycles. The summed E-state index contributed by atoms with van der Waals surface area (Å²) in [6.45, 7) is 1.73. The van der Waals surface area contributed by atoms with Crippen molar-refractivity contribution >= 4 is 33.3 Å². The molecule has 0 radical (unpaired) electrons. The minimum Gasteiger partial charge on any atom is -0.369 e. The van der Waals surface area contributed by atoms with Crippen molar-refractivity contribution in [1.29, 1.82) is 0 Å². The average molecular weight is 317 g/mol. The largest absolute Gasteiger partial charge is 0.369 e. The fourth-order valence-electron chi connectivity index (χ4n) is 1.36. The molecule has 0 aliphatic carbocycles. The second kappa shape index (κ2) is 5.97. The van der Waals surface area contributed by atoms with Crippen molar-refractivity contribution in [1.82, 2.24) is 19.5 Å². The monoisotopic (exact) mass is 315 g/mol. The number of halogens is 2. The van der Waals surface area contributed by atoms with E-state index in [1.165, 1.54) is 6.33 Å². The Bertz CT molecular complexity index is 474. The van der Waals surface area contributed by atoms with E-state index >= 15 is 0 Å². The van der Waals surface area contributed by atoms with Gasteiger partial charge in [0.15, 0.2) is 0 Å². The van der Waals surface area contributed by atoms with Crippen LogP contribution in [-0.2, 0) is 6.54 Å². The van der Waals surface area contributed by atoms with E-state index in [4.69, 9.17) is 11.6 Å². The molecule has 2 aromatic rings. The maximum absolute atomic E-state index is 5.86. The Morgan fingerprint density at radius 3 is 3.06 bits per heavy atom. The zero-order valence-corrected chi connectivity index (χ0v) is 11.3. The molecule has 7 heteroatoms. The van der Waals surface area contributed by atoms with Crippen molar-refractivity contribution in [2.45, 2.75) is 13.0 Å². The van der Waals surface area contributed by atoms with Crippen molar-refractivity contribution in [3.05, 3.63) is 34.7 Å². The normalized spacial score (nSPS) is 10.5. The molecule has 2 heterocycles.